The zero-order valence-electron chi connectivity index (χ0n) is 15.8. The van der Waals surface area contributed by atoms with E-state index in [9.17, 15) is 13.2 Å². The van der Waals surface area contributed by atoms with Gasteiger partial charge in [-0.2, -0.15) is 0 Å². The Bertz CT molecular complexity index is 865. The number of carbonyl (C=O) groups is 1. The van der Waals surface area contributed by atoms with Crippen LogP contribution in [0.5, 0.6) is 0 Å². The first-order valence-corrected chi connectivity index (χ1v) is 10.6. The average molecular weight is 424 g/mol. The fourth-order valence-electron chi connectivity index (χ4n) is 3.26. The lowest BCUT2D eigenvalue weighted by molar-refractivity contribution is -0.114. The Balaban J connectivity index is 0.00000280. The van der Waals surface area contributed by atoms with Crippen molar-refractivity contribution in [2.24, 2.45) is 0 Å². The highest BCUT2D eigenvalue weighted by molar-refractivity contribution is 7.89. The molecule has 0 aliphatic carbocycles. The molecule has 6 nitrogen and oxygen atoms in total. The number of amides is 1. The molecule has 3 rings (SSSR count). The lowest BCUT2D eigenvalue weighted by atomic mass is 10.1. The summed E-state index contributed by atoms with van der Waals surface area (Å²) in [6.45, 7) is 4.04. The number of nitrogens with one attached hydrogen (secondary N) is 2. The van der Waals surface area contributed by atoms with Gasteiger partial charge in [-0.1, -0.05) is 30.3 Å². The van der Waals surface area contributed by atoms with Crippen LogP contribution in [-0.4, -0.2) is 38.4 Å². The van der Waals surface area contributed by atoms with Crippen LogP contribution < -0.4 is 10.0 Å². The van der Waals surface area contributed by atoms with E-state index in [4.69, 9.17) is 0 Å². The Kier molecular flexibility index (Phi) is 8.00. The second-order valence-corrected chi connectivity index (χ2v) is 8.58. The van der Waals surface area contributed by atoms with E-state index in [-0.39, 0.29) is 29.3 Å². The number of nitrogens with zero attached hydrogens (tertiary/aromatic N) is 1. The molecule has 0 bridgehead atoms. The van der Waals surface area contributed by atoms with Gasteiger partial charge >= 0.3 is 0 Å². The monoisotopic (exact) mass is 423 g/mol. The Morgan fingerprint density at radius 3 is 2.21 bits per heavy atom. The van der Waals surface area contributed by atoms with Gasteiger partial charge < -0.3 is 5.32 Å². The third-order valence-electron chi connectivity index (χ3n) is 4.64. The second-order valence-electron chi connectivity index (χ2n) is 6.86. The van der Waals surface area contributed by atoms with Crippen LogP contribution in [-0.2, 0) is 21.4 Å². The van der Waals surface area contributed by atoms with Gasteiger partial charge in [0.2, 0.25) is 15.9 Å². The quantitative estimate of drug-likeness (QED) is 0.748. The van der Waals surface area contributed by atoms with Gasteiger partial charge in [0.1, 0.15) is 0 Å². The number of hydrogen-bond donors (Lipinski definition) is 2. The minimum atomic E-state index is -3.56. The molecule has 1 amide bonds. The van der Waals surface area contributed by atoms with E-state index in [1.54, 1.807) is 12.1 Å². The van der Waals surface area contributed by atoms with Gasteiger partial charge in [-0.15, -0.1) is 12.4 Å². The summed E-state index contributed by atoms with van der Waals surface area (Å²) in [6, 6.07) is 16.5. The van der Waals surface area contributed by atoms with Crippen molar-refractivity contribution in [1.82, 2.24) is 9.62 Å². The SMILES string of the molecule is CC(=O)Nc1ccc(S(=O)(=O)NC2CCN(Cc3ccccc3)CC2)cc1.Cl. The van der Waals surface area contributed by atoms with Gasteiger partial charge in [0.25, 0.3) is 0 Å². The molecule has 152 valence electrons. The highest BCUT2D eigenvalue weighted by atomic mass is 35.5. The first-order chi connectivity index (χ1) is 12.9. The van der Waals surface area contributed by atoms with E-state index in [1.165, 1.54) is 24.6 Å². The van der Waals surface area contributed by atoms with Crippen molar-refractivity contribution in [2.75, 3.05) is 18.4 Å². The normalized spacial score (nSPS) is 15.6. The molecule has 1 fully saturated rings. The minimum absolute atomic E-state index is 0. The topological polar surface area (TPSA) is 78.5 Å². The predicted molar refractivity (Wildman–Crippen MR) is 113 cm³/mol. The highest BCUT2D eigenvalue weighted by Crippen LogP contribution is 2.18. The molecule has 28 heavy (non-hydrogen) atoms. The lowest BCUT2D eigenvalue weighted by Gasteiger charge is -2.32. The third kappa shape index (κ3) is 6.31. The first-order valence-electron chi connectivity index (χ1n) is 9.09. The van der Waals surface area contributed by atoms with E-state index in [0.717, 1.165) is 32.5 Å². The summed E-state index contributed by atoms with van der Waals surface area (Å²) in [5, 5.41) is 2.63. The number of piperidine rings is 1. The highest BCUT2D eigenvalue weighted by Gasteiger charge is 2.24. The van der Waals surface area contributed by atoms with Gasteiger partial charge in [-0.05, 0) is 42.7 Å². The lowest BCUT2D eigenvalue weighted by Crippen LogP contribution is -2.44. The summed E-state index contributed by atoms with van der Waals surface area (Å²) in [5.41, 5.74) is 1.85. The summed E-state index contributed by atoms with van der Waals surface area (Å²) >= 11 is 0. The largest absolute Gasteiger partial charge is 0.326 e. The van der Waals surface area contributed by atoms with Gasteiger partial charge in [0.15, 0.2) is 0 Å². The zero-order valence-corrected chi connectivity index (χ0v) is 17.4. The zero-order chi connectivity index (χ0) is 19.3. The summed E-state index contributed by atoms with van der Waals surface area (Å²) in [4.78, 5) is 13.6. The predicted octanol–water partition coefficient (Wildman–Crippen LogP) is 3.01. The molecule has 1 saturated heterocycles. The Labute approximate surface area is 172 Å². The second kappa shape index (κ2) is 10.0. The van der Waals surface area contributed by atoms with Gasteiger partial charge in [-0.25, -0.2) is 13.1 Å². The molecule has 1 heterocycles. The van der Waals surface area contributed by atoms with Gasteiger partial charge in [-0.3, -0.25) is 9.69 Å². The van der Waals surface area contributed by atoms with Crippen LogP contribution in [0.1, 0.15) is 25.3 Å². The number of rotatable bonds is 6. The molecule has 2 aromatic carbocycles. The fraction of sp³-hybridized carbons (Fsp3) is 0.350. The molecule has 1 aliphatic heterocycles. The van der Waals surface area contributed by atoms with Crippen LogP contribution in [0.3, 0.4) is 0 Å². The van der Waals surface area contributed by atoms with E-state index < -0.39 is 10.0 Å². The maximum Gasteiger partial charge on any atom is 0.240 e. The molecule has 0 radical (unpaired) electrons. The standard InChI is InChI=1S/C20H25N3O3S.ClH/c1-16(24)21-18-7-9-20(10-8-18)27(25,26)22-19-11-13-23(14-12-19)15-17-5-3-2-4-6-17;/h2-10,19,22H,11-15H2,1H3,(H,21,24);1H. The van der Waals surface area contributed by atoms with Crippen molar-refractivity contribution < 1.29 is 13.2 Å². The van der Waals surface area contributed by atoms with Crippen LogP contribution in [0.25, 0.3) is 0 Å². The minimum Gasteiger partial charge on any atom is -0.326 e. The van der Waals surface area contributed by atoms with Crippen molar-refractivity contribution in [2.45, 2.75) is 37.2 Å². The van der Waals surface area contributed by atoms with Crippen LogP contribution in [0.4, 0.5) is 5.69 Å². The molecule has 2 N–H and O–H groups in total. The molecular weight excluding hydrogens is 398 g/mol. The van der Waals surface area contributed by atoms with E-state index >= 15 is 0 Å². The summed E-state index contributed by atoms with van der Waals surface area (Å²) in [6.07, 6.45) is 1.58. The summed E-state index contributed by atoms with van der Waals surface area (Å²) in [7, 11) is -3.56. The number of sulfonamides is 1. The third-order valence-corrected chi connectivity index (χ3v) is 6.18. The van der Waals surface area contributed by atoms with E-state index in [2.05, 4.69) is 27.1 Å². The van der Waals surface area contributed by atoms with Crippen LogP contribution in [0.15, 0.2) is 59.5 Å². The smallest absolute Gasteiger partial charge is 0.240 e. The molecule has 2 aromatic rings. The first kappa shape index (κ1) is 22.4. The van der Waals surface area contributed by atoms with Crippen LogP contribution in [0.2, 0.25) is 0 Å². The molecule has 0 saturated carbocycles. The van der Waals surface area contributed by atoms with E-state index in [1.807, 2.05) is 18.2 Å². The number of benzene rings is 2. The Hall–Kier alpha value is -1.93. The summed E-state index contributed by atoms with van der Waals surface area (Å²) < 4.78 is 28.0. The molecular formula is C20H26ClN3O3S. The van der Waals surface area contributed by atoms with Crippen molar-refractivity contribution >= 4 is 34.0 Å². The van der Waals surface area contributed by atoms with Crippen molar-refractivity contribution in [3.8, 4) is 0 Å². The molecule has 0 spiro atoms. The maximum absolute atomic E-state index is 12.6. The Morgan fingerprint density at radius 1 is 1.04 bits per heavy atom. The molecule has 1 aliphatic rings. The van der Waals surface area contributed by atoms with E-state index in [0.29, 0.717) is 5.69 Å². The summed E-state index contributed by atoms with van der Waals surface area (Å²) in [5.74, 6) is -0.189. The number of halogens is 1. The molecule has 0 atom stereocenters. The number of hydrogen-bond acceptors (Lipinski definition) is 4. The number of carbonyl (C=O) groups excluding carboxylic acids is 1. The average Bonchev–Trinajstić information content (AvgIpc) is 2.64. The van der Waals surface area contributed by atoms with Gasteiger partial charge in [0, 0.05) is 38.3 Å². The van der Waals surface area contributed by atoms with Gasteiger partial charge in [0.05, 0.1) is 4.90 Å². The molecule has 0 unspecified atom stereocenters. The van der Waals surface area contributed by atoms with Crippen LogP contribution >= 0.6 is 12.4 Å². The number of likely N-dealkylation sites (tertiary alicyclic amines) is 1. The Morgan fingerprint density at radius 2 is 1.64 bits per heavy atom. The fourth-order valence-corrected chi connectivity index (χ4v) is 4.56. The van der Waals surface area contributed by atoms with Crippen molar-refractivity contribution in [3.05, 3.63) is 60.2 Å². The van der Waals surface area contributed by atoms with Crippen molar-refractivity contribution in [3.63, 3.8) is 0 Å². The molecule has 0 aromatic heterocycles. The van der Waals surface area contributed by atoms with Crippen LogP contribution in [0, 0.1) is 0 Å². The molecule has 8 heteroatoms. The maximum atomic E-state index is 12.6. The van der Waals surface area contributed by atoms with Crippen molar-refractivity contribution in [1.29, 1.82) is 0 Å². The number of anilines is 1.